The SMILES string of the molecule is CN1CCN(S(=O)(=O)N2CCN(C(=O)CSc3ccccc3)CC2)CC1. The summed E-state index contributed by atoms with van der Waals surface area (Å²) in [6.07, 6.45) is 0. The fraction of sp³-hybridized carbons (Fsp3) is 0.588. The molecule has 0 aromatic heterocycles. The molecule has 0 N–H and O–H groups in total. The maximum Gasteiger partial charge on any atom is 0.282 e. The fourth-order valence-corrected chi connectivity index (χ4v) is 5.50. The maximum absolute atomic E-state index is 12.8. The van der Waals surface area contributed by atoms with E-state index in [9.17, 15) is 13.2 Å². The summed E-state index contributed by atoms with van der Waals surface area (Å²) in [5, 5.41) is 0. The summed E-state index contributed by atoms with van der Waals surface area (Å²) in [6.45, 7) is 4.25. The molecular formula is C17H26N4O3S2. The van der Waals surface area contributed by atoms with Crippen molar-refractivity contribution >= 4 is 27.9 Å². The van der Waals surface area contributed by atoms with E-state index in [-0.39, 0.29) is 5.91 Å². The second-order valence-corrected chi connectivity index (χ2v) is 9.57. The molecule has 0 aliphatic carbocycles. The van der Waals surface area contributed by atoms with Crippen molar-refractivity contribution in [3.63, 3.8) is 0 Å². The Bertz CT molecular complexity index is 698. The number of piperazine rings is 2. The molecule has 0 bridgehead atoms. The van der Waals surface area contributed by atoms with Gasteiger partial charge in [0.15, 0.2) is 0 Å². The van der Waals surface area contributed by atoms with Gasteiger partial charge in [-0.05, 0) is 19.2 Å². The number of carbonyl (C=O) groups excluding carboxylic acids is 1. The Morgan fingerprint density at radius 1 is 0.923 bits per heavy atom. The average Bonchev–Trinajstić information content (AvgIpc) is 2.67. The molecule has 2 fully saturated rings. The number of thioether (sulfide) groups is 1. The molecule has 2 heterocycles. The molecule has 7 nitrogen and oxygen atoms in total. The minimum Gasteiger partial charge on any atom is -0.339 e. The lowest BCUT2D eigenvalue weighted by Crippen LogP contribution is -2.57. The van der Waals surface area contributed by atoms with Gasteiger partial charge in [0, 0.05) is 57.3 Å². The zero-order valence-electron chi connectivity index (χ0n) is 15.1. The molecule has 2 saturated heterocycles. The quantitative estimate of drug-likeness (QED) is 0.673. The first-order valence-corrected chi connectivity index (χ1v) is 11.2. The number of hydrogen-bond donors (Lipinski definition) is 0. The van der Waals surface area contributed by atoms with Crippen molar-refractivity contribution in [2.45, 2.75) is 4.90 Å². The average molecular weight is 399 g/mol. The summed E-state index contributed by atoms with van der Waals surface area (Å²) < 4.78 is 28.6. The molecule has 0 saturated carbocycles. The summed E-state index contributed by atoms with van der Waals surface area (Å²) >= 11 is 1.52. The molecule has 0 spiro atoms. The van der Waals surface area contributed by atoms with Gasteiger partial charge in [0.05, 0.1) is 5.75 Å². The summed E-state index contributed by atoms with van der Waals surface area (Å²) in [7, 11) is -1.41. The Balaban J connectivity index is 1.48. The molecule has 144 valence electrons. The van der Waals surface area contributed by atoms with E-state index in [1.165, 1.54) is 16.1 Å². The van der Waals surface area contributed by atoms with Crippen LogP contribution < -0.4 is 0 Å². The number of nitrogens with zero attached hydrogens (tertiary/aromatic N) is 4. The van der Waals surface area contributed by atoms with Crippen LogP contribution >= 0.6 is 11.8 Å². The largest absolute Gasteiger partial charge is 0.339 e. The van der Waals surface area contributed by atoms with Gasteiger partial charge in [-0.2, -0.15) is 17.0 Å². The van der Waals surface area contributed by atoms with Gasteiger partial charge in [0.25, 0.3) is 10.2 Å². The van der Waals surface area contributed by atoms with Gasteiger partial charge in [0.2, 0.25) is 5.91 Å². The Hall–Kier alpha value is -1.13. The molecular weight excluding hydrogens is 372 g/mol. The van der Waals surface area contributed by atoms with Crippen LogP contribution in [0.2, 0.25) is 0 Å². The van der Waals surface area contributed by atoms with Crippen LogP contribution in [-0.4, -0.2) is 97.9 Å². The Kier molecular flexibility index (Phi) is 6.57. The Morgan fingerprint density at radius 3 is 2.04 bits per heavy atom. The van der Waals surface area contributed by atoms with Gasteiger partial charge in [-0.1, -0.05) is 18.2 Å². The van der Waals surface area contributed by atoms with Crippen molar-refractivity contribution in [1.82, 2.24) is 18.4 Å². The molecule has 26 heavy (non-hydrogen) atoms. The molecule has 1 aromatic carbocycles. The highest BCUT2D eigenvalue weighted by Crippen LogP contribution is 2.19. The zero-order valence-corrected chi connectivity index (χ0v) is 16.7. The van der Waals surface area contributed by atoms with E-state index in [0.29, 0.717) is 45.0 Å². The smallest absolute Gasteiger partial charge is 0.282 e. The van der Waals surface area contributed by atoms with Crippen molar-refractivity contribution in [3.05, 3.63) is 30.3 Å². The van der Waals surface area contributed by atoms with Gasteiger partial charge in [0.1, 0.15) is 0 Å². The first-order chi connectivity index (χ1) is 12.5. The topological polar surface area (TPSA) is 64.2 Å². The first-order valence-electron chi connectivity index (χ1n) is 8.86. The molecule has 2 aliphatic heterocycles. The van der Waals surface area contributed by atoms with Gasteiger partial charge >= 0.3 is 0 Å². The van der Waals surface area contributed by atoms with Gasteiger partial charge in [-0.3, -0.25) is 4.79 Å². The Morgan fingerprint density at radius 2 is 1.46 bits per heavy atom. The molecule has 3 rings (SSSR count). The second-order valence-electron chi connectivity index (χ2n) is 6.59. The number of likely N-dealkylation sites (N-methyl/N-ethyl adjacent to an activating group) is 1. The van der Waals surface area contributed by atoms with E-state index < -0.39 is 10.2 Å². The highest BCUT2D eigenvalue weighted by Gasteiger charge is 2.34. The number of hydrogen-bond acceptors (Lipinski definition) is 5. The lowest BCUT2D eigenvalue weighted by molar-refractivity contribution is -0.129. The van der Waals surface area contributed by atoms with Crippen molar-refractivity contribution in [1.29, 1.82) is 0 Å². The number of amides is 1. The van der Waals surface area contributed by atoms with Crippen molar-refractivity contribution in [2.75, 3.05) is 65.2 Å². The third kappa shape index (κ3) is 4.77. The van der Waals surface area contributed by atoms with Crippen molar-refractivity contribution in [2.24, 2.45) is 0 Å². The third-order valence-corrected chi connectivity index (χ3v) is 7.84. The van der Waals surface area contributed by atoms with E-state index in [0.717, 1.165) is 18.0 Å². The minimum absolute atomic E-state index is 0.0653. The Labute approximate surface area is 160 Å². The van der Waals surface area contributed by atoms with Crippen LogP contribution in [-0.2, 0) is 15.0 Å². The van der Waals surface area contributed by atoms with Crippen LogP contribution in [0.15, 0.2) is 35.2 Å². The third-order valence-electron chi connectivity index (χ3n) is 4.81. The fourth-order valence-electron chi connectivity index (χ4n) is 3.10. The van der Waals surface area contributed by atoms with Crippen LogP contribution in [0.25, 0.3) is 0 Å². The molecule has 1 amide bonds. The molecule has 2 aliphatic rings. The van der Waals surface area contributed by atoms with Crippen molar-refractivity contribution < 1.29 is 13.2 Å². The summed E-state index contributed by atoms with van der Waals surface area (Å²) in [6, 6.07) is 9.83. The second kappa shape index (κ2) is 8.71. The van der Waals surface area contributed by atoms with Crippen LogP contribution in [0.1, 0.15) is 0 Å². The molecule has 1 aromatic rings. The maximum atomic E-state index is 12.8. The van der Waals surface area contributed by atoms with Crippen molar-refractivity contribution in [3.8, 4) is 0 Å². The lowest BCUT2D eigenvalue weighted by atomic mass is 10.3. The van der Waals surface area contributed by atoms with Gasteiger partial charge in [-0.15, -0.1) is 11.8 Å². The van der Waals surface area contributed by atoms with E-state index in [1.54, 1.807) is 9.21 Å². The summed E-state index contributed by atoms with van der Waals surface area (Å²) in [4.78, 5) is 17.4. The van der Waals surface area contributed by atoms with E-state index in [2.05, 4.69) is 4.90 Å². The molecule has 0 atom stereocenters. The zero-order chi connectivity index (χ0) is 18.6. The predicted molar refractivity (Wildman–Crippen MR) is 103 cm³/mol. The highest BCUT2D eigenvalue weighted by atomic mass is 32.2. The van der Waals surface area contributed by atoms with Crippen LogP contribution in [0, 0.1) is 0 Å². The van der Waals surface area contributed by atoms with Crippen LogP contribution in [0.4, 0.5) is 0 Å². The minimum atomic E-state index is -3.42. The van der Waals surface area contributed by atoms with E-state index in [4.69, 9.17) is 0 Å². The molecule has 0 unspecified atom stereocenters. The van der Waals surface area contributed by atoms with E-state index in [1.807, 2.05) is 37.4 Å². The van der Waals surface area contributed by atoms with Gasteiger partial charge in [-0.25, -0.2) is 0 Å². The predicted octanol–water partition coefficient (Wildman–Crippen LogP) is 0.415. The van der Waals surface area contributed by atoms with Crippen LogP contribution in [0.5, 0.6) is 0 Å². The number of benzene rings is 1. The van der Waals surface area contributed by atoms with Gasteiger partial charge < -0.3 is 9.80 Å². The van der Waals surface area contributed by atoms with E-state index >= 15 is 0 Å². The number of carbonyl (C=O) groups is 1. The number of rotatable bonds is 5. The normalized spacial score (nSPS) is 21.0. The highest BCUT2D eigenvalue weighted by molar-refractivity contribution is 8.00. The standard InChI is InChI=1S/C17H26N4O3S2/c1-18-7-11-20(12-8-18)26(23,24)21-13-9-19(10-14-21)17(22)15-25-16-5-3-2-4-6-16/h2-6H,7-15H2,1H3. The molecule has 9 heteroatoms. The summed E-state index contributed by atoms with van der Waals surface area (Å²) in [5.74, 6) is 0.449. The monoisotopic (exact) mass is 398 g/mol. The first kappa shape index (κ1) is 19.6. The van der Waals surface area contributed by atoms with Crippen LogP contribution in [0.3, 0.4) is 0 Å². The lowest BCUT2D eigenvalue weighted by Gasteiger charge is -2.39. The summed E-state index contributed by atoms with van der Waals surface area (Å²) in [5.41, 5.74) is 0. The molecule has 0 radical (unpaired) electrons.